The molecule has 7 aromatic carbocycles. The minimum atomic E-state index is -1.22. The SMILES string of the molecule is CCCCOc1ccc([S+](c2ccccc2)c2ccccc2)cc1.c1ccc([B-](c2ccccc2)(c2ccccc2)c2ccccc2)cc1. The highest BCUT2D eigenvalue weighted by Crippen LogP contribution is 2.31. The van der Waals surface area contributed by atoms with Gasteiger partial charge >= 0.3 is 0 Å². The van der Waals surface area contributed by atoms with Gasteiger partial charge in [-0.1, -0.05) is 171 Å². The topological polar surface area (TPSA) is 9.23 Å². The van der Waals surface area contributed by atoms with E-state index in [0.717, 1.165) is 25.2 Å². The third-order valence-electron chi connectivity index (χ3n) is 8.98. The highest BCUT2D eigenvalue weighted by Gasteiger charge is 2.31. The lowest BCUT2D eigenvalue weighted by atomic mass is 9.13. The van der Waals surface area contributed by atoms with E-state index in [9.17, 15) is 0 Å². The van der Waals surface area contributed by atoms with Gasteiger partial charge in [-0.25, -0.2) is 0 Å². The maximum absolute atomic E-state index is 5.80. The molecule has 0 fully saturated rings. The summed E-state index contributed by atoms with van der Waals surface area (Å²) in [7, 11) is -0.0858. The second-order valence-corrected chi connectivity index (χ2v) is 14.1. The highest BCUT2D eigenvalue weighted by atomic mass is 32.2. The van der Waals surface area contributed by atoms with Crippen molar-refractivity contribution in [2.24, 2.45) is 0 Å². The molecule has 0 atom stereocenters. The fourth-order valence-electron chi connectivity index (χ4n) is 6.65. The van der Waals surface area contributed by atoms with Gasteiger partial charge in [0.25, 0.3) is 0 Å². The van der Waals surface area contributed by atoms with Crippen LogP contribution < -0.4 is 26.6 Å². The number of hydrogen-bond acceptors (Lipinski definition) is 1. The Kier molecular flexibility index (Phi) is 11.8. The Labute approximate surface area is 295 Å². The van der Waals surface area contributed by atoms with E-state index >= 15 is 0 Å². The maximum atomic E-state index is 5.80. The van der Waals surface area contributed by atoms with Crippen LogP contribution in [0.15, 0.2) is 221 Å². The Bertz CT molecular complexity index is 1730. The zero-order valence-electron chi connectivity index (χ0n) is 28.1. The molecule has 0 radical (unpaired) electrons. The molecule has 0 aliphatic heterocycles. The lowest BCUT2D eigenvalue weighted by Crippen LogP contribution is -2.74. The second-order valence-electron chi connectivity index (χ2n) is 12.1. The van der Waals surface area contributed by atoms with Crippen LogP contribution in [0.1, 0.15) is 19.8 Å². The first-order chi connectivity index (χ1) is 24.3. The molecule has 0 heterocycles. The van der Waals surface area contributed by atoms with Crippen molar-refractivity contribution in [1.82, 2.24) is 0 Å². The molecule has 0 saturated carbocycles. The highest BCUT2D eigenvalue weighted by molar-refractivity contribution is 7.97. The van der Waals surface area contributed by atoms with E-state index in [1.165, 1.54) is 36.5 Å². The fraction of sp³-hybridized carbons (Fsp3) is 0.0870. The summed E-state index contributed by atoms with van der Waals surface area (Å²) in [5.41, 5.74) is 5.36. The molecule has 0 saturated heterocycles. The minimum absolute atomic E-state index is 0.0858. The van der Waals surface area contributed by atoms with Crippen molar-refractivity contribution >= 4 is 38.9 Å². The number of unbranched alkanes of at least 4 members (excludes halogenated alkanes) is 1. The molecule has 242 valence electrons. The summed E-state index contributed by atoms with van der Waals surface area (Å²) in [6.07, 6.45) is 1.04. The number of hydrogen-bond donors (Lipinski definition) is 0. The van der Waals surface area contributed by atoms with Crippen LogP contribution in [0.4, 0.5) is 0 Å². The van der Waals surface area contributed by atoms with Crippen LogP contribution in [0.25, 0.3) is 0 Å². The molecule has 0 unspecified atom stereocenters. The van der Waals surface area contributed by atoms with Crippen LogP contribution in [0.3, 0.4) is 0 Å². The summed E-state index contributed by atoms with van der Waals surface area (Å²) in [5, 5.41) is 0. The van der Waals surface area contributed by atoms with Crippen LogP contribution >= 0.6 is 0 Å². The normalized spacial score (nSPS) is 11.0. The minimum Gasteiger partial charge on any atom is -0.494 e. The van der Waals surface area contributed by atoms with Crippen LogP contribution in [0, 0.1) is 0 Å². The van der Waals surface area contributed by atoms with Crippen molar-refractivity contribution in [1.29, 1.82) is 0 Å². The molecular formula is C46H43BOS. The third kappa shape index (κ3) is 8.08. The van der Waals surface area contributed by atoms with Gasteiger partial charge in [-0.15, -0.1) is 0 Å². The first kappa shape index (κ1) is 33.6. The molecule has 0 amide bonds. The first-order valence-electron chi connectivity index (χ1n) is 17.3. The maximum Gasteiger partial charge on any atom is 0.166 e. The number of benzene rings is 7. The molecule has 0 aliphatic rings. The summed E-state index contributed by atoms with van der Waals surface area (Å²) < 4.78 is 5.80. The van der Waals surface area contributed by atoms with Gasteiger partial charge in [0.05, 0.1) is 17.5 Å². The van der Waals surface area contributed by atoms with Crippen molar-refractivity contribution in [2.75, 3.05) is 6.61 Å². The summed E-state index contributed by atoms with van der Waals surface area (Å²) in [6, 6.07) is 73.5. The molecule has 7 rings (SSSR count). The van der Waals surface area contributed by atoms with Gasteiger partial charge in [0, 0.05) is 0 Å². The van der Waals surface area contributed by atoms with E-state index in [2.05, 4.69) is 213 Å². The third-order valence-corrected chi connectivity index (χ3v) is 11.2. The van der Waals surface area contributed by atoms with Crippen LogP contribution in [-0.2, 0) is 10.9 Å². The Balaban J connectivity index is 0.000000170. The van der Waals surface area contributed by atoms with Crippen molar-refractivity contribution < 1.29 is 4.74 Å². The van der Waals surface area contributed by atoms with Crippen molar-refractivity contribution in [3.63, 3.8) is 0 Å². The van der Waals surface area contributed by atoms with Gasteiger partial charge in [-0.2, -0.15) is 21.9 Å². The van der Waals surface area contributed by atoms with E-state index in [1.54, 1.807) is 0 Å². The fourth-order valence-corrected chi connectivity index (χ4v) is 8.73. The molecule has 1 nitrogen and oxygen atoms in total. The van der Waals surface area contributed by atoms with E-state index in [4.69, 9.17) is 4.74 Å². The second kappa shape index (κ2) is 17.2. The van der Waals surface area contributed by atoms with Crippen LogP contribution in [-0.4, -0.2) is 12.8 Å². The Morgan fingerprint density at radius 1 is 0.388 bits per heavy atom. The van der Waals surface area contributed by atoms with E-state index in [1.807, 2.05) is 0 Å². The lowest BCUT2D eigenvalue weighted by Gasteiger charge is -2.44. The zero-order valence-corrected chi connectivity index (χ0v) is 29.0. The molecule has 7 aromatic rings. The average molecular weight is 655 g/mol. The molecule has 0 N–H and O–H groups in total. The van der Waals surface area contributed by atoms with Gasteiger partial charge in [0.1, 0.15) is 11.9 Å². The van der Waals surface area contributed by atoms with Gasteiger partial charge in [-0.05, 0) is 55.0 Å². The summed E-state index contributed by atoms with van der Waals surface area (Å²) >= 11 is 0. The molecule has 0 aliphatic carbocycles. The van der Waals surface area contributed by atoms with E-state index in [0.29, 0.717) is 0 Å². The largest absolute Gasteiger partial charge is 0.494 e. The monoisotopic (exact) mass is 654 g/mol. The predicted octanol–water partition coefficient (Wildman–Crippen LogP) is 9.02. The smallest absolute Gasteiger partial charge is 0.166 e. The molecule has 0 bridgehead atoms. The Morgan fingerprint density at radius 2 is 0.694 bits per heavy atom. The van der Waals surface area contributed by atoms with Gasteiger partial charge in [0.15, 0.2) is 14.7 Å². The number of ether oxygens (including phenoxy) is 1. The van der Waals surface area contributed by atoms with Gasteiger partial charge in [-0.3, -0.25) is 0 Å². The first-order valence-corrected chi connectivity index (χ1v) is 18.5. The van der Waals surface area contributed by atoms with Crippen LogP contribution in [0.5, 0.6) is 5.75 Å². The quantitative estimate of drug-likeness (QED) is 0.0769. The molecule has 0 aromatic heterocycles. The summed E-state index contributed by atoms with van der Waals surface area (Å²) in [5.74, 6) is 0.955. The van der Waals surface area contributed by atoms with Gasteiger partial charge in [0.2, 0.25) is 0 Å². The molecule has 3 heteroatoms. The van der Waals surface area contributed by atoms with Gasteiger partial charge < -0.3 is 4.74 Å². The van der Waals surface area contributed by atoms with E-state index in [-0.39, 0.29) is 10.9 Å². The summed E-state index contributed by atoms with van der Waals surface area (Å²) in [6.45, 7) is 2.97. The molecule has 49 heavy (non-hydrogen) atoms. The standard InChI is InChI=1S/C24H20B.C22H23OS/c1-5-13-21(14-6-1)25(22-15-7-2-8-16-22,23-17-9-3-10-18-23)24-19-11-4-12-20-24;1-2-3-18-23-19-14-16-22(17-15-19)24(20-10-6-4-7-11-20)21-12-8-5-9-13-21/h1-20H;4-17H,2-3,18H2,1H3/q-1;+1. The van der Waals surface area contributed by atoms with Crippen LogP contribution in [0.2, 0.25) is 0 Å². The Hall–Kier alpha value is -5.25. The Morgan fingerprint density at radius 3 is 1.02 bits per heavy atom. The predicted molar refractivity (Wildman–Crippen MR) is 212 cm³/mol. The van der Waals surface area contributed by atoms with E-state index < -0.39 is 6.15 Å². The van der Waals surface area contributed by atoms with Crippen molar-refractivity contribution in [2.45, 2.75) is 34.5 Å². The zero-order chi connectivity index (χ0) is 33.6. The number of rotatable bonds is 11. The van der Waals surface area contributed by atoms with Crippen molar-refractivity contribution in [3.05, 3.63) is 206 Å². The molecular weight excluding hydrogens is 611 g/mol. The molecule has 0 spiro atoms. The average Bonchev–Trinajstić information content (AvgIpc) is 3.19. The summed E-state index contributed by atoms with van der Waals surface area (Å²) in [4.78, 5) is 3.99. The van der Waals surface area contributed by atoms with Crippen molar-refractivity contribution in [3.8, 4) is 5.75 Å². The lowest BCUT2D eigenvalue weighted by molar-refractivity contribution is 0.309.